The van der Waals surface area contributed by atoms with Crippen LogP contribution in [-0.2, 0) is 4.79 Å². The molecular formula is C17H32N2O2. The molecule has 0 heterocycles. The van der Waals surface area contributed by atoms with Crippen molar-refractivity contribution in [2.75, 3.05) is 0 Å². The predicted octanol–water partition coefficient (Wildman–Crippen LogP) is 4.53. The maximum absolute atomic E-state index is 9.77. The largest absolute Gasteiger partial charge is 0.378 e. The molecule has 0 saturated heterocycles. The average Bonchev–Trinajstić information content (AvgIpc) is 2.49. The zero-order chi connectivity index (χ0) is 16.8. The van der Waals surface area contributed by atoms with Gasteiger partial charge in [0, 0.05) is 13.3 Å². The third-order valence-corrected chi connectivity index (χ3v) is 2.66. The lowest BCUT2D eigenvalue weighted by Gasteiger charge is -1.99. The van der Waals surface area contributed by atoms with Gasteiger partial charge in [-0.15, -0.1) is 0 Å². The van der Waals surface area contributed by atoms with Crippen LogP contribution >= 0.6 is 0 Å². The molecule has 0 saturated carbocycles. The Labute approximate surface area is 130 Å². The molecule has 0 rings (SSSR count). The Balaban J connectivity index is -0.000000264. The summed E-state index contributed by atoms with van der Waals surface area (Å²) in [5.74, 6) is 0. The number of unbranched alkanes of at least 4 members (excludes halogenated alkanes) is 7. The van der Waals surface area contributed by atoms with Crippen LogP contribution in [0.5, 0.6) is 0 Å². The van der Waals surface area contributed by atoms with Crippen LogP contribution in [0, 0.1) is 22.7 Å². The lowest BCUT2D eigenvalue weighted by atomic mass is 10.1. The van der Waals surface area contributed by atoms with E-state index in [4.69, 9.17) is 15.6 Å². The monoisotopic (exact) mass is 296 g/mol. The first-order valence-electron chi connectivity index (χ1n) is 7.96. The van der Waals surface area contributed by atoms with E-state index in [0.717, 1.165) is 32.0 Å². The van der Waals surface area contributed by atoms with Crippen LogP contribution in [0.1, 0.15) is 85.0 Å². The molecule has 0 radical (unpaired) electrons. The first-order chi connectivity index (χ1) is 10.1. The van der Waals surface area contributed by atoms with E-state index >= 15 is 0 Å². The van der Waals surface area contributed by atoms with Crippen molar-refractivity contribution in [3.05, 3.63) is 0 Å². The van der Waals surface area contributed by atoms with Crippen molar-refractivity contribution in [1.82, 2.24) is 0 Å². The van der Waals surface area contributed by atoms with Crippen LogP contribution < -0.4 is 0 Å². The highest BCUT2D eigenvalue weighted by atomic mass is 16.3. The van der Waals surface area contributed by atoms with E-state index in [1.54, 1.807) is 12.1 Å². The van der Waals surface area contributed by atoms with Gasteiger partial charge in [-0.05, 0) is 19.3 Å². The first-order valence-corrected chi connectivity index (χ1v) is 7.96. The minimum atomic E-state index is -0.739. The van der Waals surface area contributed by atoms with E-state index in [9.17, 15) is 4.79 Å². The highest BCUT2D eigenvalue weighted by Gasteiger charge is 1.98. The molecule has 0 fully saturated rings. The average molecular weight is 296 g/mol. The predicted molar refractivity (Wildman–Crippen MR) is 86.5 cm³/mol. The van der Waals surface area contributed by atoms with Crippen LogP contribution in [0.3, 0.4) is 0 Å². The van der Waals surface area contributed by atoms with Gasteiger partial charge in [-0.3, -0.25) is 0 Å². The lowest BCUT2D eigenvalue weighted by molar-refractivity contribution is -0.107. The fraction of sp³-hybridized carbons (Fsp3) is 0.824. The highest BCUT2D eigenvalue weighted by molar-refractivity contribution is 5.48. The summed E-state index contributed by atoms with van der Waals surface area (Å²) >= 11 is 0. The van der Waals surface area contributed by atoms with Gasteiger partial charge < -0.3 is 9.90 Å². The van der Waals surface area contributed by atoms with E-state index in [1.807, 2.05) is 0 Å². The Morgan fingerprint density at radius 1 is 1.00 bits per heavy atom. The summed E-state index contributed by atoms with van der Waals surface area (Å²) in [6.07, 6.45) is 11.0. The van der Waals surface area contributed by atoms with E-state index in [1.165, 1.54) is 39.0 Å². The maximum atomic E-state index is 9.77. The van der Waals surface area contributed by atoms with Crippen molar-refractivity contribution in [2.45, 2.75) is 91.1 Å². The number of aliphatic hydroxyl groups is 1. The third kappa shape index (κ3) is 38.1. The van der Waals surface area contributed by atoms with Gasteiger partial charge in [0.2, 0.25) is 0 Å². The van der Waals surface area contributed by atoms with Crippen molar-refractivity contribution < 1.29 is 9.90 Å². The Morgan fingerprint density at radius 2 is 1.48 bits per heavy atom. The van der Waals surface area contributed by atoms with Gasteiger partial charge in [0.1, 0.15) is 12.4 Å². The van der Waals surface area contributed by atoms with Crippen LogP contribution in [0.4, 0.5) is 0 Å². The summed E-state index contributed by atoms with van der Waals surface area (Å²) in [5, 5.41) is 24.3. The van der Waals surface area contributed by atoms with Crippen molar-refractivity contribution in [3.8, 4) is 12.1 Å². The molecule has 0 spiro atoms. The van der Waals surface area contributed by atoms with Crippen LogP contribution in [0.15, 0.2) is 0 Å². The van der Waals surface area contributed by atoms with E-state index < -0.39 is 6.10 Å². The normalized spacial score (nSPS) is 9.81. The summed E-state index contributed by atoms with van der Waals surface area (Å²) in [5.41, 5.74) is 0. The zero-order valence-electron chi connectivity index (χ0n) is 14.0. The van der Waals surface area contributed by atoms with Crippen LogP contribution in [0.25, 0.3) is 0 Å². The Kier molecular flexibility index (Phi) is 31.7. The highest BCUT2D eigenvalue weighted by Crippen LogP contribution is 2.04. The Bertz CT molecular complexity index is 267. The van der Waals surface area contributed by atoms with Crippen LogP contribution in [0.2, 0.25) is 0 Å². The summed E-state index contributed by atoms with van der Waals surface area (Å²) in [7, 11) is 0. The smallest absolute Gasteiger partial charge is 0.140 e. The standard InChI is InChI=1S/C8H15NO.C7H14O.C2H3N/c1-2-3-4-5-6-8(10)7-9;1-2-3-4-5-6-7-8;1-2-3/h8,10H,2-6H2,1H3;7H,2-6H2,1H3;1H3. The topological polar surface area (TPSA) is 84.9 Å². The molecule has 0 aromatic carbocycles. The fourth-order valence-electron chi connectivity index (χ4n) is 1.48. The molecule has 4 nitrogen and oxygen atoms in total. The Hall–Kier alpha value is -1.39. The van der Waals surface area contributed by atoms with Crippen molar-refractivity contribution in [1.29, 1.82) is 10.5 Å². The molecule has 0 aliphatic rings. The first kappa shape index (κ1) is 24.6. The molecule has 0 aliphatic carbocycles. The molecule has 0 amide bonds. The Morgan fingerprint density at radius 3 is 1.86 bits per heavy atom. The molecule has 0 bridgehead atoms. The minimum Gasteiger partial charge on any atom is -0.378 e. The second kappa shape index (κ2) is 27.0. The molecule has 122 valence electrons. The molecule has 1 atom stereocenters. The number of nitrogens with zero attached hydrogens (tertiary/aromatic N) is 2. The van der Waals surface area contributed by atoms with Gasteiger partial charge in [0.05, 0.1) is 12.1 Å². The number of nitriles is 2. The van der Waals surface area contributed by atoms with Crippen molar-refractivity contribution in [3.63, 3.8) is 0 Å². The summed E-state index contributed by atoms with van der Waals surface area (Å²) < 4.78 is 0. The second-order valence-corrected chi connectivity index (χ2v) is 4.73. The molecule has 21 heavy (non-hydrogen) atoms. The number of carbonyl (C=O) groups excluding carboxylic acids is 1. The number of carbonyl (C=O) groups is 1. The third-order valence-electron chi connectivity index (χ3n) is 2.66. The SMILES string of the molecule is CC#N.CCCCCCC(O)C#N.CCCCCCC=O. The molecule has 1 unspecified atom stereocenters. The van der Waals surface area contributed by atoms with Crippen molar-refractivity contribution >= 4 is 6.29 Å². The maximum Gasteiger partial charge on any atom is 0.140 e. The van der Waals surface area contributed by atoms with Gasteiger partial charge in [-0.25, -0.2) is 0 Å². The van der Waals surface area contributed by atoms with E-state index in [2.05, 4.69) is 13.8 Å². The summed E-state index contributed by atoms with van der Waals surface area (Å²) in [6.45, 7) is 5.74. The number of rotatable bonds is 10. The minimum absolute atomic E-state index is 0.635. The van der Waals surface area contributed by atoms with E-state index in [-0.39, 0.29) is 0 Å². The molecule has 0 aromatic heterocycles. The lowest BCUT2D eigenvalue weighted by Crippen LogP contribution is -2.01. The van der Waals surface area contributed by atoms with Gasteiger partial charge in [-0.1, -0.05) is 52.4 Å². The van der Waals surface area contributed by atoms with Gasteiger partial charge in [0.15, 0.2) is 0 Å². The number of hydrogen-bond acceptors (Lipinski definition) is 4. The summed E-state index contributed by atoms with van der Waals surface area (Å²) in [4.78, 5) is 9.77. The molecule has 4 heteroatoms. The van der Waals surface area contributed by atoms with Gasteiger partial charge >= 0.3 is 0 Å². The fourth-order valence-corrected chi connectivity index (χ4v) is 1.48. The van der Waals surface area contributed by atoms with E-state index in [0.29, 0.717) is 6.42 Å². The second-order valence-electron chi connectivity index (χ2n) is 4.73. The quantitative estimate of drug-likeness (QED) is 0.364. The van der Waals surface area contributed by atoms with Crippen molar-refractivity contribution in [2.24, 2.45) is 0 Å². The zero-order valence-corrected chi connectivity index (χ0v) is 14.0. The molecular weight excluding hydrogens is 264 g/mol. The number of aliphatic hydroxyl groups excluding tert-OH is 1. The van der Waals surface area contributed by atoms with Gasteiger partial charge in [-0.2, -0.15) is 10.5 Å². The number of aldehydes is 1. The number of hydrogen-bond donors (Lipinski definition) is 1. The molecule has 1 N–H and O–H groups in total. The van der Waals surface area contributed by atoms with Crippen LogP contribution in [-0.4, -0.2) is 17.5 Å². The van der Waals surface area contributed by atoms with Gasteiger partial charge in [0.25, 0.3) is 0 Å². The molecule has 0 aromatic rings. The molecule has 0 aliphatic heterocycles. The summed E-state index contributed by atoms with van der Waals surface area (Å²) in [6, 6.07) is 3.55.